The Morgan fingerprint density at radius 2 is 1.89 bits per heavy atom. The second kappa shape index (κ2) is 4.37. The second-order valence-electron chi connectivity index (χ2n) is 5.83. The number of hydrogen-bond acceptors (Lipinski definition) is 2. The Labute approximate surface area is 113 Å². The summed E-state index contributed by atoms with van der Waals surface area (Å²) >= 11 is 0. The van der Waals surface area contributed by atoms with Gasteiger partial charge in [-0.25, -0.2) is 0 Å². The number of amides is 2. The van der Waals surface area contributed by atoms with Gasteiger partial charge in [-0.2, -0.15) is 0 Å². The predicted octanol–water partition coefficient (Wildman–Crippen LogP) is 1.65. The van der Waals surface area contributed by atoms with Crippen LogP contribution in [0.3, 0.4) is 0 Å². The minimum Gasteiger partial charge on any atom is -0.369 e. The van der Waals surface area contributed by atoms with E-state index < -0.39 is 16.9 Å². The highest BCUT2D eigenvalue weighted by atomic mass is 16.2. The van der Waals surface area contributed by atoms with Crippen molar-refractivity contribution in [3.8, 4) is 0 Å². The summed E-state index contributed by atoms with van der Waals surface area (Å²) in [5, 5.41) is 0. The van der Waals surface area contributed by atoms with Gasteiger partial charge in [-0.05, 0) is 32.8 Å². The first-order valence-electron chi connectivity index (χ1n) is 6.47. The fourth-order valence-electron chi connectivity index (χ4n) is 2.61. The van der Waals surface area contributed by atoms with Gasteiger partial charge in [-0.1, -0.05) is 30.3 Å². The summed E-state index contributed by atoms with van der Waals surface area (Å²) in [5.41, 5.74) is 4.93. The standard InChI is InChI=1S/C15H20N2O2/c1-14(2,11-7-5-4-6-8-11)17-10-9-15(3,12(16)18)13(17)19/h4-8H,9-10H2,1-3H3,(H2,16,18). The molecule has 1 heterocycles. The van der Waals surface area contributed by atoms with Gasteiger partial charge in [0.2, 0.25) is 11.8 Å². The molecule has 0 saturated carbocycles. The Kier molecular flexibility index (Phi) is 3.12. The van der Waals surface area contributed by atoms with Crippen LogP contribution in [0.15, 0.2) is 30.3 Å². The van der Waals surface area contributed by atoms with Crippen LogP contribution >= 0.6 is 0 Å². The number of hydrogen-bond donors (Lipinski definition) is 1. The van der Waals surface area contributed by atoms with Crippen molar-refractivity contribution in [2.45, 2.75) is 32.7 Å². The molecule has 1 fully saturated rings. The molecular weight excluding hydrogens is 240 g/mol. The Hall–Kier alpha value is -1.84. The van der Waals surface area contributed by atoms with Crippen molar-refractivity contribution in [2.75, 3.05) is 6.54 Å². The fourth-order valence-corrected chi connectivity index (χ4v) is 2.61. The van der Waals surface area contributed by atoms with E-state index in [-0.39, 0.29) is 5.91 Å². The molecule has 0 radical (unpaired) electrons. The highest BCUT2D eigenvalue weighted by Crippen LogP contribution is 2.39. The zero-order valence-electron chi connectivity index (χ0n) is 11.6. The second-order valence-corrected chi connectivity index (χ2v) is 5.83. The van der Waals surface area contributed by atoms with Gasteiger partial charge in [0.25, 0.3) is 0 Å². The van der Waals surface area contributed by atoms with Crippen LogP contribution in [0.5, 0.6) is 0 Å². The Bertz CT molecular complexity index is 510. The molecule has 4 nitrogen and oxygen atoms in total. The van der Waals surface area contributed by atoms with E-state index in [1.54, 1.807) is 11.8 Å². The molecule has 0 spiro atoms. The van der Waals surface area contributed by atoms with Crippen molar-refractivity contribution in [1.82, 2.24) is 4.90 Å². The molecule has 4 heteroatoms. The van der Waals surface area contributed by atoms with E-state index in [2.05, 4.69) is 0 Å². The summed E-state index contributed by atoms with van der Waals surface area (Å²) in [5.74, 6) is -0.710. The molecule has 1 aliphatic rings. The van der Waals surface area contributed by atoms with Crippen molar-refractivity contribution in [3.05, 3.63) is 35.9 Å². The number of carbonyl (C=O) groups is 2. The van der Waals surface area contributed by atoms with Gasteiger partial charge >= 0.3 is 0 Å². The number of primary amides is 1. The first-order chi connectivity index (χ1) is 8.80. The third kappa shape index (κ3) is 2.01. The van der Waals surface area contributed by atoms with Crippen LogP contribution in [0.2, 0.25) is 0 Å². The smallest absolute Gasteiger partial charge is 0.238 e. The van der Waals surface area contributed by atoms with E-state index in [0.29, 0.717) is 13.0 Å². The molecule has 2 N–H and O–H groups in total. The summed E-state index contributed by atoms with van der Waals surface area (Å²) in [7, 11) is 0. The molecule has 102 valence electrons. The highest BCUT2D eigenvalue weighted by molar-refractivity contribution is 6.05. The summed E-state index contributed by atoms with van der Waals surface area (Å²) in [6, 6.07) is 9.83. The Morgan fingerprint density at radius 1 is 1.32 bits per heavy atom. The molecule has 1 unspecified atom stereocenters. The predicted molar refractivity (Wildman–Crippen MR) is 73.1 cm³/mol. The highest BCUT2D eigenvalue weighted by Gasteiger charge is 2.51. The summed E-state index contributed by atoms with van der Waals surface area (Å²) in [4.78, 5) is 25.8. The van der Waals surface area contributed by atoms with E-state index in [4.69, 9.17) is 5.73 Å². The number of nitrogens with two attached hydrogens (primary N) is 1. The first kappa shape index (κ1) is 13.6. The topological polar surface area (TPSA) is 63.4 Å². The molecule has 1 aromatic rings. The number of nitrogens with zero attached hydrogens (tertiary/aromatic N) is 1. The van der Waals surface area contributed by atoms with Crippen molar-refractivity contribution in [3.63, 3.8) is 0 Å². The van der Waals surface area contributed by atoms with Crippen LogP contribution in [0.4, 0.5) is 0 Å². The van der Waals surface area contributed by atoms with Gasteiger partial charge < -0.3 is 10.6 Å². The lowest BCUT2D eigenvalue weighted by Crippen LogP contribution is -2.48. The molecule has 1 aromatic carbocycles. The van der Waals surface area contributed by atoms with Crippen LogP contribution in [-0.4, -0.2) is 23.3 Å². The van der Waals surface area contributed by atoms with Gasteiger partial charge in [-0.15, -0.1) is 0 Å². The van der Waals surface area contributed by atoms with Crippen LogP contribution in [0.1, 0.15) is 32.8 Å². The van der Waals surface area contributed by atoms with Crippen LogP contribution < -0.4 is 5.73 Å². The largest absolute Gasteiger partial charge is 0.369 e. The average molecular weight is 260 g/mol. The Morgan fingerprint density at radius 3 is 2.37 bits per heavy atom. The first-order valence-corrected chi connectivity index (χ1v) is 6.47. The molecule has 0 aromatic heterocycles. The van der Waals surface area contributed by atoms with E-state index in [9.17, 15) is 9.59 Å². The van der Waals surface area contributed by atoms with Crippen molar-refractivity contribution in [1.29, 1.82) is 0 Å². The van der Waals surface area contributed by atoms with Crippen molar-refractivity contribution in [2.24, 2.45) is 11.1 Å². The maximum absolute atomic E-state index is 12.5. The molecule has 19 heavy (non-hydrogen) atoms. The van der Waals surface area contributed by atoms with E-state index in [0.717, 1.165) is 5.56 Å². The van der Waals surface area contributed by atoms with Crippen LogP contribution in [0.25, 0.3) is 0 Å². The van der Waals surface area contributed by atoms with Crippen LogP contribution in [0, 0.1) is 5.41 Å². The van der Waals surface area contributed by atoms with Gasteiger partial charge in [0, 0.05) is 6.54 Å². The van der Waals surface area contributed by atoms with E-state index >= 15 is 0 Å². The number of rotatable bonds is 3. The number of carbonyl (C=O) groups excluding carboxylic acids is 2. The lowest BCUT2D eigenvalue weighted by atomic mass is 9.87. The van der Waals surface area contributed by atoms with Crippen LogP contribution in [-0.2, 0) is 15.1 Å². The van der Waals surface area contributed by atoms with Gasteiger partial charge in [-0.3, -0.25) is 9.59 Å². The average Bonchev–Trinajstić information content (AvgIpc) is 2.69. The lowest BCUT2D eigenvalue weighted by molar-refractivity contribution is -0.145. The maximum atomic E-state index is 12.5. The zero-order valence-corrected chi connectivity index (χ0v) is 11.6. The monoisotopic (exact) mass is 260 g/mol. The maximum Gasteiger partial charge on any atom is 0.238 e. The quantitative estimate of drug-likeness (QED) is 0.840. The van der Waals surface area contributed by atoms with Gasteiger partial charge in [0.1, 0.15) is 5.41 Å². The number of likely N-dealkylation sites (tertiary alicyclic amines) is 1. The summed E-state index contributed by atoms with van der Waals surface area (Å²) in [6.07, 6.45) is 0.484. The molecule has 1 saturated heterocycles. The summed E-state index contributed by atoms with van der Waals surface area (Å²) < 4.78 is 0. The molecule has 1 atom stereocenters. The zero-order chi connectivity index (χ0) is 14.3. The minimum atomic E-state index is -1.06. The number of benzene rings is 1. The molecule has 1 aliphatic heterocycles. The summed E-state index contributed by atoms with van der Waals surface area (Å²) in [6.45, 7) is 6.18. The van der Waals surface area contributed by atoms with Gasteiger partial charge in [0.15, 0.2) is 0 Å². The minimum absolute atomic E-state index is 0.172. The van der Waals surface area contributed by atoms with E-state index in [1.165, 1.54) is 0 Å². The SMILES string of the molecule is CC1(C(N)=O)CCN(C(C)(C)c2ccccc2)C1=O. The third-order valence-electron chi connectivity index (χ3n) is 4.25. The van der Waals surface area contributed by atoms with E-state index in [1.807, 2.05) is 44.2 Å². The lowest BCUT2D eigenvalue weighted by Gasteiger charge is -2.37. The molecule has 2 amide bonds. The third-order valence-corrected chi connectivity index (χ3v) is 4.25. The molecule has 0 bridgehead atoms. The Balaban J connectivity index is 2.34. The van der Waals surface area contributed by atoms with Gasteiger partial charge in [0.05, 0.1) is 5.54 Å². The van der Waals surface area contributed by atoms with Crippen molar-refractivity contribution >= 4 is 11.8 Å². The fraction of sp³-hybridized carbons (Fsp3) is 0.467. The molecular formula is C15H20N2O2. The van der Waals surface area contributed by atoms with Crippen molar-refractivity contribution < 1.29 is 9.59 Å². The molecule has 2 rings (SSSR count). The normalized spacial score (nSPS) is 23.7. The molecule has 0 aliphatic carbocycles.